The minimum Gasteiger partial charge on any atom is -0.497 e. The van der Waals surface area contributed by atoms with Crippen molar-refractivity contribution in [3.05, 3.63) is 62.5 Å². The van der Waals surface area contributed by atoms with Crippen molar-refractivity contribution in [3.63, 3.8) is 0 Å². The second kappa shape index (κ2) is 5.67. The lowest BCUT2D eigenvalue weighted by Gasteiger charge is -2.08. The third-order valence-corrected chi connectivity index (χ3v) is 4.53. The Morgan fingerprint density at radius 2 is 1.78 bits per heavy atom. The number of carbonyl (C=O) groups excluding carboxylic acids is 1. The molecule has 0 aliphatic heterocycles. The van der Waals surface area contributed by atoms with Crippen molar-refractivity contribution in [2.75, 3.05) is 7.11 Å². The molecule has 2 aromatic rings. The summed E-state index contributed by atoms with van der Waals surface area (Å²) in [6, 6.07) is 12.7. The van der Waals surface area contributed by atoms with E-state index < -0.39 is 0 Å². The molecule has 0 atom stereocenters. The molecule has 92 valence electrons. The number of methoxy groups -OCH3 is 1. The van der Waals surface area contributed by atoms with Gasteiger partial charge in [0.2, 0.25) is 0 Å². The molecule has 0 aromatic heterocycles. The predicted octanol–water partition coefficient (Wildman–Crippen LogP) is 4.45. The van der Waals surface area contributed by atoms with Gasteiger partial charge in [0.1, 0.15) is 5.75 Å². The highest BCUT2D eigenvalue weighted by molar-refractivity contribution is 9.13. The van der Waals surface area contributed by atoms with Crippen LogP contribution in [0.15, 0.2) is 51.4 Å². The lowest BCUT2D eigenvalue weighted by molar-refractivity contribution is 0.103. The zero-order valence-electron chi connectivity index (χ0n) is 9.61. The van der Waals surface area contributed by atoms with Gasteiger partial charge in [-0.25, -0.2) is 0 Å². The van der Waals surface area contributed by atoms with Crippen LogP contribution >= 0.6 is 31.9 Å². The van der Waals surface area contributed by atoms with Gasteiger partial charge in [-0.2, -0.15) is 0 Å². The van der Waals surface area contributed by atoms with Crippen molar-refractivity contribution < 1.29 is 9.53 Å². The number of hydrogen-bond acceptors (Lipinski definition) is 2. The summed E-state index contributed by atoms with van der Waals surface area (Å²) in [4.78, 5) is 12.4. The smallest absolute Gasteiger partial charge is 0.194 e. The van der Waals surface area contributed by atoms with E-state index in [1.807, 2.05) is 24.3 Å². The van der Waals surface area contributed by atoms with E-state index in [1.165, 1.54) is 0 Å². The van der Waals surface area contributed by atoms with Gasteiger partial charge in [-0.05, 0) is 44.0 Å². The van der Waals surface area contributed by atoms with E-state index in [9.17, 15) is 4.79 Å². The maximum absolute atomic E-state index is 12.4. The quantitative estimate of drug-likeness (QED) is 0.747. The zero-order valence-corrected chi connectivity index (χ0v) is 12.8. The minimum absolute atomic E-state index is 0.0397. The highest BCUT2D eigenvalue weighted by atomic mass is 79.9. The van der Waals surface area contributed by atoms with Gasteiger partial charge in [0, 0.05) is 20.1 Å². The monoisotopic (exact) mass is 368 g/mol. The van der Waals surface area contributed by atoms with Crippen molar-refractivity contribution in [3.8, 4) is 5.75 Å². The van der Waals surface area contributed by atoms with Crippen LogP contribution in [-0.2, 0) is 0 Å². The molecule has 2 nitrogen and oxygen atoms in total. The van der Waals surface area contributed by atoms with Gasteiger partial charge >= 0.3 is 0 Å². The fraction of sp³-hybridized carbons (Fsp3) is 0.0714. The summed E-state index contributed by atoms with van der Waals surface area (Å²) < 4.78 is 6.70. The molecule has 0 unspecified atom stereocenters. The van der Waals surface area contributed by atoms with E-state index in [1.54, 1.807) is 25.3 Å². The molecular formula is C14H10Br2O2. The Morgan fingerprint density at radius 3 is 2.39 bits per heavy atom. The number of carbonyl (C=O) groups is 1. The lowest BCUT2D eigenvalue weighted by Crippen LogP contribution is -2.03. The van der Waals surface area contributed by atoms with Gasteiger partial charge in [0.05, 0.1) is 7.11 Å². The molecule has 0 radical (unpaired) electrons. The van der Waals surface area contributed by atoms with Crippen LogP contribution in [0.2, 0.25) is 0 Å². The Morgan fingerprint density at radius 1 is 1.11 bits per heavy atom. The summed E-state index contributed by atoms with van der Waals surface area (Å²) >= 11 is 6.82. The largest absolute Gasteiger partial charge is 0.497 e. The predicted molar refractivity (Wildman–Crippen MR) is 78.3 cm³/mol. The fourth-order valence-electron chi connectivity index (χ4n) is 1.59. The number of benzene rings is 2. The highest BCUT2D eigenvalue weighted by Crippen LogP contribution is 2.32. The molecule has 0 aliphatic rings. The van der Waals surface area contributed by atoms with Crippen LogP contribution in [0.4, 0.5) is 0 Å². The second-order valence-electron chi connectivity index (χ2n) is 3.67. The van der Waals surface area contributed by atoms with Gasteiger partial charge in [0.15, 0.2) is 5.78 Å². The normalized spacial score (nSPS) is 10.2. The van der Waals surface area contributed by atoms with Crippen LogP contribution < -0.4 is 4.74 Å². The van der Waals surface area contributed by atoms with Crippen molar-refractivity contribution in [2.24, 2.45) is 0 Å². The Labute approximate surface area is 122 Å². The summed E-state index contributed by atoms with van der Waals surface area (Å²) in [7, 11) is 1.58. The Kier molecular flexibility index (Phi) is 4.19. The van der Waals surface area contributed by atoms with Gasteiger partial charge in [0.25, 0.3) is 0 Å². The molecule has 0 N–H and O–H groups in total. The van der Waals surface area contributed by atoms with Crippen LogP contribution in [0.5, 0.6) is 5.75 Å². The molecule has 0 spiro atoms. The van der Waals surface area contributed by atoms with Crippen molar-refractivity contribution in [1.29, 1.82) is 0 Å². The first-order valence-electron chi connectivity index (χ1n) is 5.26. The minimum atomic E-state index is -0.0397. The lowest BCUT2D eigenvalue weighted by atomic mass is 10.0. The topological polar surface area (TPSA) is 26.3 Å². The van der Waals surface area contributed by atoms with Crippen LogP contribution in [0, 0.1) is 0 Å². The number of ether oxygens (including phenoxy) is 1. The second-order valence-corrected chi connectivity index (χ2v) is 5.31. The maximum atomic E-state index is 12.4. The molecule has 2 rings (SSSR count). The Hall–Kier alpha value is -1.13. The average molecular weight is 370 g/mol. The Balaban J connectivity index is 2.51. The molecule has 0 heterocycles. The molecule has 0 saturated heterocycles. The van der Waals surface area contributed by atoms with Crippen LogP contribution in [-0.4, -0.2) is 12.9 Å². The van der Waals surface area contributed by atoms with Crippen LogP contribution in [0.3, 0.4) is 0 Å². The first-order valence-corrected chi connectivity index (χ1v) is 6.85. The molecule has 0 fully saturated rings. The van der Waals surface area contributed by atoms with E-state index >= 15 is 0 Å². The number of halogens is 2. The average Bonchev–Trinajstić information content (AvgIpc) is 2.42. The summed E-state index contributed by atoms with van der Waals surface area (Å²) in [5, 5.41) is 0. The van der Waals surface area contributed by atoms with Crippen LogP contribution in [0.25, 0.3) is 0 Å². The number of rotatable bonds is 3. The van der Waals surface area contributed by atoms with E-state index in [0.717, 1.165) is 8.95 Å². The Bertz CT molecular complexity index is 580. The van der Waals surface area contributed by atoms with Gasteiger partial charge < -0.3 is 4.74 Å². The van der Waals surface area contributed by atoms with Gasteiger partial charge in [-0.3, -0.25) is 4.79 Å². The highest BCUT2D eigenvalue weighted by Gasteiger charge is 2.16. The molecular weight excluding hydrogens is 360 g/mol. The molecule has 18 heavy (non-hydrogen) atoms. The summed E-state index contributed by atoms with van der Waals surface area (Å²) in [5.74, 6) is 0.603. The molecule has 0 saturated carbocycles. The standard InChI is InChI=1S/C14H10Br2O2/c1-18-10-7-11(13(16)12(15)8-10)14(17)9-5-3-2-4-6-9/h2-8H,1H3. The van der Waals surface area contributed by atoms with E-state index in [2.05, 4.69) is 31.9 Å². The summed E-state index contributed by atoms with van der Waals surface area (Å²) in [6.45, 7) is 0. The molecule has 0 aliphatic carbocycles. The summed E-state index contributed by atoms with van der Waals surface area (Å²) in [5.41, 5.74) is 1.23. The van der Waals surface area contributed by atoms with Crippen molar-refractivity contribution in [2.45, 2.75) is 0 Å². The summed E-state index contributed by atoms with van der Waals surface area (Å²) in [6.07, 6.45) is 0. The van der Waals surface area contributed by atoms with Crippen molar-refractivity contribution >= 4 is 37.6 Å². The van der Waals surface area contributed by atoms with E-state index in [-0.39, 0.29) is 5.78 Å². The van der Waals surface area contributed by atoms with E-state index in [4.69, 9.17) is 4.74 Å². The van der Waals surface area contributed by atoms with Gasteiger partial charge in [-0.15, -0.1) is 0 Å². The first kappa shape index (κ1) is 13.3. The van der Waals surface area contributed by atoms with E-state index in [0.29, 0.717) is 16.9 Å². The zero-order chi connectivity index (χ0) is 13.1. The molecule has 0 bridgehead atoms. The van der Waals surface area contributed by atoms with Crippen molar-refractivity contribution in [1.82, 2.24) is 0 Å². The van der Waals surface area contributed by atoms with Gasteiger partial charge in [-0.1, -0.05) is 30.3 Å². The molecule has 2 aromatic carbocycles. The van der Waals surface area contributed by atoms with Crippen LogP contribution in [0.1, 0.15) is 15.9 Å². The SMILES string of the molecule is COc1cc(Br)c(Br)c(C(=O)c2ccccc2)c1. The number of ketones is 1. The number of hydrogen-bond donors (Lipinski definition) is 0. The fourth-order valence-corrected chi connectivity index (χ4v) is 2.44. The third kappa shape index (κ3) is 2.65. The first-order chi connectivity index (χ1) is 8.63. The third-order valence-electron chi connectivity index (χ3n) is 2.52. The molecule has 0 amide bonds. The maximum Gasteiger partial charge on any atom is 0.194 e. The molecule has 4 heteroatoms.